The molecule has 0 aromatic heterocycles. The molecule has 0 saturated heterocycles. The molecule has 0 unspecified atom stereocenters. The maximum atomic E-state index is 12.9. The number of nitrogens with zero attached hydrogens (tertiary/aromatic N) is 1. The first kappa shape index (κ1) is 16.3. The molecule has 5 nitrogen and oxygen atoms in total. The van der Waals surface area contributed by atoms with Gasteiger partial charge in [-0.25, -0.2) is 4.79 Å². The van der Waals surface area contributed by atoms with Gasteiger partial charge in [-0.2, -0.15) is 0 Å². The van der Waals surface area contributed by atoms with E-state index in [1.165, 1.54) is 5.56 Å². The topological polar surface area (TPSA) is 61.4 Å². The maximum absolute atomic E-state index is 12.9. The minimum Gasteiger partial charge on any atom is -0.336 e. The molecule has 3 amide bonds. The number of carbonyl (C=O) groups excluding carboxylic acids is 2. The zero-order chi connectivity index (χ0) is 16.3. The molecule has 120 valence electrons. The van der Waals surface area contributed by atoms with Crippen LogP contribution in [0.5, 0.6) is 0 Å². The van der Waals surface area contributed by atoms with E-state index in [1.54, 1.807) is 4.90 Å². The second kappa shape index (κ2) is 6.81. The first-order valence-corrected chi connectivity index (χ1v) is 7.86. The summed E-state index contributed by atoms with van der Waals surface area (Å²) >= 11 is 0. The van der Waals surface area contributed by atoms with E-state index in [9.17, 15) is 9.59 Å². The van der Waals surface area contributed by atoms with Gasteiger partial charge in [-0.3, -0.25) is 4.79 Å². The number of amides is 3. The Bertz CT molecular complexity index is 555. The SMILES string of the molecule is CC(C)NC(=O)N[C@@H](C(=O)N1CCc2ccccc21)C(C)C. The van der Waals surface area contributed by atoms with Crippen molar-refractivity contribution in [2.45, 2.75) is 46.2 Å². The summed E-state index contributed by atoms with van der Waals surface area (Å²) in [6.45, 7) is 8.35. The van der Waals surface area contributed by atoms with Crippen molar-refractivity contribution >= 4 is 17.6 Å². The number of urea groups is 1. The molecule has 0 fully saturated rings. The van der Waals surface area contributed by atoms with Crippen LogP contribution in [0.1, 0.15) is 33.3 Å². The number of para-hydroxylation sites is 1. The van der Waals surface area contributed by atoms with E-state index in [0.717, 1.165) is 12.1 Å². The summed E-state index contributed by atoms with van der Waals surface area (Å²) < 4.78 is 0. The van der Waals surface area contributed by atoms with Crippen LogP contribution in [0.15, 0.2) is 24.3 Å². The molecule has 1 aliphatic heterocycles. The standard InChI is InChI=1S/C17H25N3O2/c1-11(2)15(19-17(22)18-12(3)4)16(21)20-10-9-13-7-5-6-8-14(13)20/h5-8,11-12,15H,9-10H2,1-4H3,(H2,18,19,22)/t15-/m1/s1. The Morgan fingerprint density at radius 3 is 2.41 bits per heavy atom. The molecule has 0 spiro atoms. The van der Waals surface area contributed by atoms with Crippen molar-refractivity contribution in [1.82, 2.24) is 10.6 Å². The van der Waals surface area contributed by atoms with Crippen LogP contribution in [0.3, 0.4) is 0 Å². The molecule has 1 aliphatic rings. The normalized spacial score (nSPS) is 14.9. The van der Waals surface area contributed by atoms with Crippen molar-refractivity contribution in [3.63, 3.8) is 0 Å². The van der Waals surface area contributed by atoms with Gasteiger partial charge < -0.3 is 15.5 Å². The minimum absolute atomic E-state index is 0.0261. The van der Waals surface area contributed by atoms with Gasteiger partial charge in [0.2, 0.25) is 5.91 Å². The van der Waals surface area contributed by atoms with Crippen LogP contribution >= 0.6 is 0 Å². The summed E-state index contributed by atoms with van der Waals surface area (Å²) in [6.07, 6.45) is 0.866. The van der Waals surface area contributed by atoms with E-state index >= 15 is 0 Å². The maximum Gasteiger partial charge on any atom is 0.315 e. The summed E-state index contributed by atoms with van der Waals surface area (Å²) in [7, 11) is 0. The zero-order valence-corrected chi connectivity index (χ0v) is 13.7. The van der Waals surface area contributed by atoms with E-state index in [0.29, 0.717) is 6.54 Å². The van der Waals surface area contributed by atoms with Gasteiger partial charge in [-0.15, -0.1) is 0 Å². The molecule has 1 aromatic rings. The van der Waals surface area contributed by atoms with Crippen molar-refractivity contribution in [1.29, 1.82) is 0 Å². The van der Waals surface area contributed by atoms with Crippen molar-refractivity contribution in [2.24, 2.45) is 5.92 Å². The molecule has 0 radical (unpaired) electrons. The third-order valence-corrected chi connectivity index (χ3v) is 3.79. The molecular formula is C17H25N3O2. The summed E-state index contributed by atoms with van der Waals surface area (Å²) in [6, 6.07) is 7.15. The molecule has 1 atom stereocenters. The van der Waals surface area contributed by atoms with E-state index in [-0.39, 0.29) is 23.9 Å². The van der Waals surface area contributed by atoms with Gasteiger partial charge in [0.25, 0.3) is 0 Å². The highest BCUT2D eigenvalue weighted by Crippen LogP contribution is 2.28. The van der Waals surface area contributed by atoms with Gasteiger partial charge in [-0.1, -0.05) is 32.0 Å². The number of benzene rings is 1. The highest BCUT2D eigenvalue weighted by molar-refractivity contribution is 6.00. The van der Waals surface area contributed by atoms with E-state index < -0.39 is 6.04 Å². The van der Waals surface area contributed by atoms with Crippen LogP contribution in [-0.4, -0.2) is 30.6 Å². The summed E-state index contributed by atoms with van der Waals surface area (Å²) in [5.74, 6) is -0.0166. The fourth-order valence-electron chi connectivity index (χ4n) is 2.69. The number of fused-ring (bicyclic) bond motifs is 1. The highest BCUT2D eigenvalue weighted by Gasteiger charge is 2.32. The van der Waals surface area contributed by atoms with Crippen LogP contribution in [0, 0.1) is 5.92 Å². The van der Waals surface area contributed by atoms with Gasteiger partial charge in [0.1, 0.15) is 6.04 Å². The van der Waals surface area contributed by atoms with Crippen LogP contribution in [0.25, 0.3) is 0 Å². The Kier molecular flexibility index (Phi) is 5.06. The van der Waals surface area contributed by atoms with Crippen LogP contribution in [0.2, 0.25) is 0 Å². The Morgan fingerprint density at radius 1 is 1.09 bits per heavy atom. The quantitative estimate of drug-likeness (QED) is 0.896. The molecule has 2 rings (SSSR count). The Morgan fingerprint density at radius 2 is 1.77 bits per heavy atom. The average molecular weight is 303 g/mol. The lowest BCUT2D eigenvalue weighted by molar-refractivity contribution is -0.121. The number of rotatable bonds is 4. The predicted octanol–water partition coefficient (Wildman–Crippen LogP) is 2.31. The van der Waals surface area contributed by atoms with Crippen LogP contribution in [-0.2, 0) is 11.2 Å². The first-order valence-electron chi connectivity index (χ1n) is 7.86. The molecule has 0 saturated carbocycles. The molecule has 1 heterocycles. The number of hydrogen-bond acceptors (Lipinski definition) is 2. The lowest BCUT2D eigenvalue weighted by Gasteiger charge is -2.27. The number of nitrogens with one attached hydrogen (secondary N) is 2. The van der Waals surface area contributed by atoms with Gasteiger partial charge in [0, 0.05) is 18.3 Å². The Labute approximate surface area is 132 Å². The minimum atomic E-state index is -0.523. The van der Waals surface area contributed by atoms with Crippen molar-refractivity contribution in [3.8, 4) is 0 Å². The average Bonchev–Trinajstić information content (AvgIpc) is 2.87. The van der Waals surface area contributed by atoms with E-state index in [4.69, 9.17) is 0 Å². The molecule has 1 aromatic carbocycles. The van der Waals surface area contributed by atoms with Crippen molar-refractivity contribution in [3.05, 3.63) is 29.8 Å². The largest absolute Gasteiger partial charge is 0.336 e. The van der Waals surface area contributed by atoms with E-state index in [1.807, 2.05) is 52.0 Å². The molecule has 0 aliphatic carbocycles. The fourth-order valence-corrected chi connectivity index (χ4v) is 2.69. The second-order valence-electron chi connectivity index (χ2n) is 6.36. The van der Waals surface area contributed by atoms with Crippen LogP contribution in [0.4, 0.5) is 10.5 Å². The smallest absolute Gasteiger partial charge is 0.315 e. The molecular weight excluding hydrogens is 278 g/mol. The zero-order valence-electron chi connectivity index (χ0n) is 13.7. The summed E-state index contributed by atoms with van der Waals surface area (Å²) in [4.78, 5) is 26.6. The molecule has 5 heteroatoms. The lowest BCUT2D eigenvalue weighted by atomic mass is 10.0. The lowest BCUT2D eigenvalue weighted by Crippen LogP contribution is -2.54. The number of anilines is 1. The molecule has 0 bridgehead atoms. The Balaban J connectivity index is 2.13. The monoisotopic (exact) mass is 303 g/mol. The first-order chi connectivity index (χ1) is 10.4. The van der Waals surface area contributed by atoms with Crippen molar-refractivity contribution in [2.75, 3.05) is 11.4 Å². The predicted molar refractivity (Wildman–Crippen MR) is 87.9 cm³/mol. The molecule has 2 N–H and O–H groups in total. The third-order valence-electron chi connectivity index (χ3n) is 3.79. The Hall–Kier alpha value is -2.04. The summed E-state index contributed by atoms with van der Waals surface area (Å²) in [5, 5.41) is 5.59. The third kappa shape index (κ3) is 3.59. The second-order valence-corrected chi connectivity index (χ2v) is 6.36. The van der Waals surface area contributed by atoms with Crippen LogP contribution < -0.4 is 15.5 Å². The fraction of sp³-hybridized carbons (Fsp3) is 0.529. The number of hydrogen-bond donors (Lipinski definition) is 2. The number of carbonyl (C=O) groups is 2. The van der Waals surface area contributed by atoms with Gasteiger partial charge >= 0.3 is 6.03 Å². The van der Waals surface area contributed by atoms with Gasteiger partial charge in [0.05, 0.1) is 0 Å². The molecule has 22 heavy (non-hydrogen) atoms. The van der Waals surface area contributed by atoms with E-state index in [2.05, 4.69) is 10.6 Å². The van der Waals surface area contributed by atoms with Gasteiger partial charge in [0.15, 0.2) is 0 Å². The van der Waals surface area contributed by atoms with Gasteiger partial charge in [-0.05, 0) is 37.8 Å². The summed E-state index contributed by atoms with van der Waals surface area (Å²) in [5.41, 5.74) is 2.15. The highest BCUT2D eigenvalue weighted by atomic mass is 16.2. The van der Waals surface area contributed by atoms with Crippen molar-refractivity contribution < 1.29 is 9.59 Å².